The number of hydrogen-bond donors (Lipinski definition) is 5. The summed E-state index contributed by atoms with van der Waals surface area (Å²) in [4.78, 5) is 0. The SMILES string of the molecule is NSNC1CC(Nc2nonc2/C(N)=N/O)C1. The predicted octanol–water partition coefficient (Wildman–Crippen LogP) is -0.782. The summed E-state index contributed by atoms with van der Waals surface area (Å²) in [6.45, 7) is 0. The molecule has 0 amide bonds. The van der Waals surface area contributed by atoms with Crippen molar-refractivity contribution < 1.29 is 9.84 Å². The lowest BCUT2D eigenvalue weighted by molar-refractivity contribution is 0.302. The summed E-state index contributed by atoms with van der Waals surface area (Å²) in [7, 11) is 0. The van der Waals surface area contributed by atoms with Gasteiger partial charge in [0.1, 0.15) is 0 Å². The van der Waals surface area contributed by atoms with Crippen LogP contribution in [0.4, 0.5) is 5.82 Å². The Bertz CT molecular complexity index is 403. The average Bonchev–Trinajstić information content (AvgIpc) is 2.73. The highest BCUT2D eigenvalue weighted by atomic mass is 32.2. The van der Waals surface area contributed by atoms with E-state index in [1.165, 1.54) is 0 Å². The molecule has 1 aliphatic rings. The van der Waals surface area contributed by atoms with Crippen LogP contribution in [0.25, 0.3) is 0 Å². The summed E-state index contributed by atoms with van der Waals surface area (Å²) in [5, 5.41) is 27.0. The van der Waals surface area contributed by atoms with E-state index in [4.69, 9.17) is 16.1 Å². The Morgan fingerprint density at radius 1 is 1.47 bits per heavy atom. The van der Waals surface area contributed by atoms with Crippen molar-refractivity contribution in [3.05, 3.63) is 5.69 Å². The topological polar surface area (TPSA) is 148 Å². The number of nitrogens with one attached hydrogen (secondary N) is 2. The van der Waals surface area contributed by atoms with Crippen molar-refractivity contribution in [3.63, 3.8) is 0 Å². The molecule has 0 aliphatic heterocycles. The van der Waals surface area contributed by atoms with Gasteiger partial charge < -0.3 is 16.3 Å². The molecule has 0 spiro atoms. The summed E-state index contributed by atoms with van der Waals surface area (Å²) in [6.07, 6.45) is 1.82. The van der Waals surface area contributed by atoms with Crippen LogP contribution in [0, 0.1) is 0 Å². The van der Waals surface area contributed by atoms with Gasteiger partial charge >= 0.3 is 0 Å². The second-order valence-electron chi connectivity index (χ2n) is 3.69. The Hall–Kier alpha value is -1.52. The largest absolute Gasteiger partial charge is 0.409 e. The van der Waals surface area contributed by atoms with E-state index in [1.54, 1.807) is 0 Å². The average molecular weight is 259 g/mol. The molecule has 9 nitrogen and oxygen atoms in total. The monoisotopic (exact) mass is 259 g/mol. The normalized spacial score (nSPS) is 24.4. The van der Waals surface area contributed by atoms with Gasteiger partial charge in [0.15, 0.2) is 11.5 Å². The van der Waals surface area contributed by atoms with Crippen molar-refractivity contribution in [2.24, 2.45) is 16.0 Å². The van der Waals surface area contributed by atoms with E-state index in [0.717, 1.165) is 25.0 Å². The van der Waals surface area contributed by atoms with Crippen molar-refractivity contribution in [2.45, 2.75) is 24.9 Å². The highest BCUT2D eigenvalue weighted by molar-refractivity contribution is 7.95. The summed E-state index contributed by atoms with van der Waals surface area (Å²) in [5.74, 6) is 0.240. The van der Waals surface area contributed by atoms with Gasteiger partial charge in [-0.1, -0.05) is 5.16 Å². The first-order chi connectivity index (χ1) is 8.24. The minimum atomic E-state index is -0.139. The zero-order valence-electron chi connectivity index (χ0n) is 8.83. The van der Waals surface area contributed by atoms with Crippen LogP contribution in [0.15, 0.2) is 9.78 Å². The number of amidine groups is 1. The van der Waals surface area contributed by atoms with Crippen LogP contribution < -0.4 is 20.9 Å². The molecule has 0 radical (unpaired) electrons. The first kappa shape index (κ1) is 12.0. The number of anilines is 1. The molecule has 1 aromatic heterocycles. The van der Waals surface area contributed by atoms with Gasteiger partial charge in [-0.15, -0.1) is 0 Å². The van der Waals surface area contributed by atoms with Crippen LogP contribution in [0.2, 0.25) is 0 Å². The van der Waals surface area contributed by atoms with Gasteiger partial charge in [-0.05, 0) is 23.2 Å². The van der Waals surface area contributed by atoms with Crippen molar-refractivity contribution in [1.82, 2.24) is 15.0 Å². The van der Waals surface area contributed by atoms with Gasteiger partial charge in [-0.2, -0.15) is 0 Å². The molecule has 1 aromatic rings. The van der Waals surface area contributed by atoms with Gasteiger partial charge in [0.05, 0.1) is 0 Å². The van der Waals surface area contributed by atoms with Gasteiger partial charge in [-0.3, -0.25) is 5.14 Å². The maximum Gasteiger partial charge on any atom is 0.202 e. The van der Waals surface area contributed by atoms with Crippen LogP contribution in [-0.2, 0) is 0 Å². The third-order valence-corrected chi connectivity index (χ3v) is 3.02. The fraction of sp³-hybridized carbons (Fsp3) is 0.571. The lowest BCUT2D eigenvalue weighted by atomic mass is 9.87. The van der Waals surface area contributed by atoms with Crippen molar-refractivity contribution in [1.29, 1.82) is 0 Å². The Morgan fingerprint density at radius 2 is 2.24 bits per heavy atom. The van der Waals surface area contributed by atoms with Crippen LogP contribution in [-0.4, -0.2) is 33.4 Å². The predicted molar refractivity (Wildman–Crippen MR) is 62.2 cm³/mol. The summed E-state index contributed by atoms with van der Waals surface area (Å²) < 4.78 is 7.58. The van der Waals surface area contributed by atoms with E-state index in [2.05, 4.69) is 30.1 Å². The Kier molecular flexibility index (Phi) is 3.66. The Morgan fingerprint density at radius 3 is 2.88 bits per heavy atom. The first-order valence-electron chi connectivity index (χ1n) is 4.92. The smallest absolute Gasteiger partial charge is 0.202 e. The summed E-state index contributed by atoms with van der Waals surface area (Å²) in [6, 6.07) is 0.631. The number of rotatable bonds is 5. The molecule has 1 heterocycles. The fourth-order valence-electron chi connectivity index (χ4n) is 1.62. The number of oxime groups is 1. The van der Waals surface area contributed by atoms with E-state index < -0.39 is 0 Å². The summed E-state index contributed by atoms with van der Waals surface area (Å²) >= 11 is 1.11. The third-order valence-electron chi connectivity index (χ3n) is 2.55. The minimum Gasteiger partial charge on any atom is -0.409 e. The first-order valence-corrected chi connectivity index (χ1v) is 5.80. The lowest BCUT2D eigenvalue weighted by Crippen LogP contribution is -2.46. The number of hydrogen-bond acceptors (Lipinski definition) is 9. The van der Waals surface area contributed by atoms with Gasteiger partial charge in [0, 0.05) is 24.2 Å². The van der Waals surface area contributed by atoms with Crippen LogP contribution in [0.1, 0.15) is 18.5 Å². The van der Waals surface area contributed by atoms with E-state index in [-0.39, 0.29) is 17.6 Å². The standard InChI is InChI=1S/C7H13N7O2S/c8-6(11-15)5-7(13-16-12-5)10-3-1-4(2-3)14-17-9/h3-4,14-15H,1-2,9H2,(H2,8,11)(H,10,13). The van der Waals surface area contributed by atoms with Crippen LogP contribution in [0.3, 0.4) is 0 Å². The molecule has 17 heavy (non-hydrogen) atoms. The molecular formula is C7H13N7O2S. The van der Waals surface area contributed by atoms with E-state index >= 15 is 0 Å². The van der Waals surface area contributed by atoms with Crippen molar-refractivity contribution >= 4 is 23.8 Å². The highest BCUT2D eigenvalue weighted by Gasteiger charge is 2.30. The second-order valence-corrected chi connectivity index (χ2v) is 4.16. The second kappa shape index (κ2) is 5.21. The molecule has 1 fully saturated rings. The van der Waals surface area contributed by atoms with Gasteiger partial charge in [-0.25, -0.2) is 9.35 Å². The number of nitrogens with zero attached hydrogens (tertiary/aromatic N) is 3. The molecule has 2 rings (SSSR count). The van der Waals surface area contributed by atoms with Crippen LogP contribution in [0.5, 0.6) is 0 Å². The van der Waals surface area contributed by atoms with E-state index in [0.29, 0.717) is 11.9 Å². The van der Waals surface area contributed by atoms with Crippen molar-refractivity contribution in [2.75, 3.05) is 5.32 Å². The fourth-order valence-corrected chi connectivity index (χ4v) is 2.01. The Balaban J connectivity index is 1.90. The number of aromatic nitrogens is 2. The maximum atomic E-state index is 8.55. The molecule has 94 valence electrons. The molecule has 7 N–H and O–H groups in total. The molecular weight excluding hydrogens is 246 g/mol. The number of nitrogens with two attached hydrogens (primary N) is 2. The molecule has 10 heteroatoms. The summed E-state index contributed by atoms with van der Waals surface area (Å²) in [5.41, 5.74) is 5.62. The molecule has 1 saturated carbocycles. The zero-order valence-corrected chi connectivity index (χ0v) is 9.65. The molecule has 1 aliphatic carbocycles. The van der Waals surface area contributed by atoms with E-state index in [1.807, 2.05) is 0 Å². The molecule has 0 saturated heterocycles. The molecule has 0 unspecified atom stereocenters. The lowest BCUT2D eigenvalue weighted by Gasteiger charge is -2.35. The zero-order chi connectivity index (χ0) is 12.3. The van der Waals surface area contributed by atoms with Gasteiger partial charge in [0.25, 0.3) is 0 Å². The van der Waals surface area contributed by atoms with E-state index in [9.17, 15) is 0 Å². The third kappa shape index (κ3) is 2.60. The molecule has 0 atom stereocenters. The quantitative estimate of drug-likeness (QED) is 0.151. The highest BCUT2D eigenvalue weighted by Crippen LogP contribution is 2.25. The van der Waals surface area contributed by atoms with Gasteiger partial charge in [0.2, 0.25) is 5.82 Å². The Labute approximate surface area is 101 Å². The van der Waals surface area contributed by atoms with Crippen molar-refractivity contribution in [3.8, 4) is 0 Å². The molecule has 0 aromatic carbocycles. The van der Waals surface area contributed by atoms with Crippen LogP contribution >= 0.6 is 12.1 Å². The molecule has 0 bridgehead atoms. The maximum absolute atomic E-state index is 8.55. The minimum absolute atomic E-state index is 0.139.